The number of benzene rings is 1. The van der Waals surface area contributed by atoms with Crippen molar-refractivity contribution in [3.63, 3.8) is 0 Å². The molecule has 0 radical (unpaired) electrons. The fraction of sp³-hybridized carbons (Fsp3) is 0.556. The molecule has 3 rings (SSSR count). The van der Waals surface area contributed by atoms with E-state index in [-0.39, 0.29) is 18.0 Å². The number of nitrogens with one attached hydrogen (secondary N) is 1. The molecular weight excluding hydrogens is 372 g/mol. The average Bonchev–Trinajstić information content (AvgIpc) is 2.55. The van der Waals surface area contributed by atoms with E-state index in [1.54, 1.807) is 0 Å². The number of fused-ring (bicyclic) bond motifs is 1. The summed E-state index contributed by atoms with van der Waals surface area (Å²) in [6, 6.07) is 4.31. The van der Waals surface area contributed by atoms with Gasteiger partial charge in [-0.1, -0.05) is 15.9 Å². The molecule has 0 saturated heterocycles. The number of carboxylic acid groups (broad SMARTS) is 1. The van der Waals surface area contributed by atoms with Crippen molar-refractivity contribution >= 4 is 27.9 Å². The number of carbonyl (C=O) groups excluding carboxylic acids is 1. The minimum atomic E-state index is -0.714. The van der Waals surface area contributed by atoms with Gasteiger partial charge in [0.05, 0.1) is 5.92 Å². The van der Waals surface area contributed by atoms with Crippen molar-refractivity contribution in [2.24, 2.45) is 5.92 Å². The summed E-state index contributed by atoms with van der Waals surface area (Å²) in [5.41, 5.74) is 3.76. The third-order valence-corrected chi connectivity index (χ3v) is 5.68. The van der Waals surface area contributed by atoms with Crippen molar-refractivity contribution in [1.82, 2.24) is 10.2 Å². The molecule has 1 aromatic rings. The molecule has 2 aliphatic rings. The Morgan fingerprint density at radius 1 is 1.25 bits per heavy atom. The Labute approximate surface area is 150 Å². The van der Waals surface area contributed by atoms with Gasteiger partial charge < -0.3 is 15.3 Å². The molecule has 1 aliphatic carbocycles. The second-order valence-electron chi connectivity index (χ2n) is 6.87. The number of rotatable bonds is 2. The van der Waals surface area contributed by atoms with E-state index >= 15 is 0 Å². The molecule has 24 heavy (non-hydrogen) atoms. The van der Waals surface area contributed by atoms with Gasteiger partial charge in [-0.15, -0.1) is 0 Å². The maximum Gasteiger partial charge on any atom is 0.317 e. The molecule has 1 saturated carbocycles. The molecule has 1 aromatic carbocycles. The van der Waals surface area contributed by atoms with Crippen LogP contribution in [0, 0.1) is 12.8 Å². The second-order valence-corrected chi connectivity index (χ2v) is 7.78. The van der Waals surface area contributed by atoms with Crippen molar-refractivity contribution in [1.29, 1.82) is 0 Å². The predicted molar refractivity (Wildman–Crippen MR) is 94.9 cm³/mol. The van der Waals surface area contributed by atoms with Crippen LogP contribution in [0.15, 0.2) is 16.6 Å². The van der Waals surface area contributed by atoms with Gasteiger partial charge >= 0.3 is 12.0 Å². The summed E-state index contributed by atoms with van der Waals surface area (Å²) >= 11 is 3.53. The van der Waals surface area contributed by atoms with Crippen LogP contribution >= 0.6 is 15.9 Å². The summed E-state index contributed by atoms with van der Waals surface area (Å²) in [6.45, 7) is 3.45. The topological polar surface area (TPSA) is 69.6 Å². The van der Waals surface area contributed by atoms with Gasteiger partial charge in [0.2, 0.25) is 0 Å². The van der Waals surface area contributed by atoms with Gasteiger partial charge in [-0.3, -0.25) is 4.79 Å². The lowest BCUT2D eigenvalue weighted by atomic mass is 9.86. The lowest BCUT2D eigenvalue weighted by Gasteiger charge is -2.33. The number of halogens is 1. The van der Waals surface area contributed by atoms with Crippen LogP contribution in [0.4, 0.5) is 4.79 Å². The highest BCUT2D eigenvalue weighted by molar-refractivity contribution is 9.10. The summed E-state index contributed by atoms with van der Waals surface area (Å²) in [7, 11) is 0. The molecule has 2 amide bonds. The number of amides is 2. The van der Waals surface area contributed by atoms with E-state index in [1.165, 1.54) is 16.7 Å². The van der Waals surface area contributed by atoms with E-state index in [0.29, 0.717) is 19.4 Å². The summed E-state index contributed by atoms with van der Waals surface area (Å²) in [6.07, 6.45) is 3.67. The van der Waals surface area contributed by atoms with Gasteiger partial charge in [0.1, 0.15) is 0 Å². The van der Waals surface area contributed by atoms with Crippen LogP contribution in [0.5, 0.6) is 0 Å². The van der Waals surface area contributed by atoms with E-state index in [0.717, 1.165) is 30.3 Å². The van der Waals surface area contributed by atoms with Gasteiger partial charge in [0.25, 0.3) is 0 Å². The molecule has 0 atom stereocenters. The quantitative estimate of drug-likeness (QED) is 0.806. The van der Waals surface area contributed by atoms with Gasteiger partial charge in [-0.25, -0.2) is 4.79 Å². The first-order valence-corrected chi connectivity index (χ1v) is 9.29. The molecule has 1 fully saturated rings. The maximum atomic E-state index is 12.6. The monoisotopic (exact) mass is 394 g/mol. The highest BCUT2D eigenvalue weighted by Gasteiger charge is 2.29. The summed E-state index contributed by atoms with van der Waals surface area (Å²) in [4.78, 5) is 25.4. The fourth-order valence-corrected chi connectivity index (χ4v) is 4.36. The van der Waals surface area contributed by atoms with E-state index in [2.05, 4.69) is 40.3 Å². The highest BCUT2D eigenvalue weighted by atomic mass is 79.9. The van der Waals surface area contributed by atoms with Crippen molar-refractivity contribution in [3.05, 3.63) is 33.3 Å². The fourth-order valence-electron chi connectivity index (χ4n) is 3.74. The molecule has 0 unspecified atom stereocenters. The average molecular weight is 395 g/mol. The van der Waals surface area contributed by atoms with E-state index in [4.69, 9.17) is 5.11 Å². The third-order valence-electron chi connectivity index (χ3n) is 5.22. The number of aliphatic carboxylic acids is 1. The SMILES string of the molecule is Cc1cc(Br)cc2c1CN(C(=O)NC1CCC(C(=O)O)CC1)CC2. The minimum absolute atomic E-state index is 0.0262. The van der Waals surface area contributed by atoms with Crippen LogP contribution in [0.3, 0.4) is 0 Å². The molecular formula is C18H23BrN2O3. The number of urea groups is 1. The van der Waals surface area contributed by atoms with Crippen LogP contribution < -0.4 is 5.32 Å². The molecule has 0 spiro atoms. The molecule has 5 nitrogen and oxygen atoms in total. The smallest absolute Gasteiger partial charge is 0.317 e. The Balaban J connectivity index is 1.58. The van der Waals surface area contributed by atoms with Crippen LogP contribution in [0.25, 0.3) is 0 Å². The zero-order valence-corrected chi connectivity index (χ0v) is 15.4. The van der Waals surface area contributed by atoms with E-state index in [9.17, 15) is 9.59 Å². The Morgan fingerprint density at radius 2 is 1.96 bits per heavy atom. The highest BCUT2D eigenvalue weighted by Crippen LogP contribution is 2.27. The molecule has 1 aliphatic heterocycles. The number of nitrogens with zero attached hydrogens (tertiary/aromatic N) is 1. The summed E-state index contributed by atoms with van der Waals surface area (Å²) in [5, 5.41) is 12.1. The Hall–Kier alpha value is -1.56. The number of hydrogen-bond acceptors (Lipinski definition) is 2. The van der Waals surface area contributed by atoms with Gasteiger partial charge in [0, 0.05) is 23.6 Å². The number of carboxylic acids is 1. The predicted octanol–water partition coefficient (Wildman–Crippen LogP) is 3.47. The Morgan fingerprint density at radius 3 is 2.62 bits per heavy atom. The standard InChI is InChI=1S/C18H23BrN2O3/c1-11-8-14(19)9-13-6-7-21(10-16(11)13)18(24)20-15-4-2-12(3-5-15)17(22)23/h8-9,12,15H,2-7,10H2,1H3,(H,20,24)(H,22,23). The number of aryl methyl sites for hydroxylation is 1. The molecule has 1 heterocycles. The zero-order valence-electron chi connectivity index (χ0n) is 13.8. The van der Waals surface area contributed by atoms with E-state index in [1.807, 2.05) is 4.90 Å². The van der Waals surface area contributed by atoms with Crippen LogP contribution in [0.1, 0.15) is 42.4 Å². The molecule has 0 bridgehead atoms. The largest absolute Gasteiger partial charge is 0.481 e. The zero-order chi connectivity index (χ0) is 17.3. The van der Waals surface area contributed by atoms with Gasteiger partial charge in [0.15, 0.2) is 0 Å². The second kappa shape index (κ2) is 7.13. The van der Waals surface area contributed by atoms with E-state index < -0.39 is 5.97 Å². The first kappa shape index (κ1) is 17.3. The van der Waals surface area contributed by atoms with Crippen molar-refractivity contribution in [2.45, 2.75) is 51.6 Å². The molecule has 2 N–H and O–H groups in total. The van der Waals surface area contributed by atoms with Crippen molar-refractivity contribution < 1.29 is 14.7 Å². The molecule has 6 heteroatoms. The third kappa shape index (κ3) is 3.74. The Kier molecular flexibility index (Phi) is 5.13. The lowest BCUT2D eigenvalue weighted by molar-refractivity contribution is -0.142. The van der Waals surface area contributed by atoms with Crippen LogP contribution in [-0.2, 0) is 17.8 Å². The molecule has 130 valence electrons. The lowest BCUT2D eigenvalue weighted by Crippen LogP contribution is -2.48. The van der Waals surface area contributed by atoms with Crippen LogP contribution in [0.2, 0.25) is 0 Å². The summed E-state index contributed by atoms with van der Waals surface area (Å²) < 4.78 is 1.09. The number of carbonyl (C=O) groups is 2. The summed E-state index contributed by atoms with van der Waals surface area (Å²) in [5.74, 6) is -0.963. The normalized spacial score (nSPS) is 23.5. The van der Waals surface area contributed by atoms with Crippen LogP contribution in [-0.4, -0.2) is 34.6 Å². The first-order valence-electron chi connectivity index (χ1n) is 8.50. The first-order chi connectivity index (χ1) is 11.4. The van der Waals surface area contributed by atoms with Crippen molar-refractivity contribution in [3.8, 4) is 0 Å². The van der Waals surface area contributed by atoms with Gasteiger partial charge in [-0.2, -0.15) is 0 Å². The minimum Gasteiger partial charge on any atom is -0.481 e. The maximum absolute atomic E-state index is 12.6. The Bertz CT molecular complexity index is 654. The van der Waals surface area contributed by atoms with Crippen molar-refractivity contribution in [2.75, 3.05) is 6.54 Å². The van der Waals surface area contributed by atoms with Gasteiger partial charge in [-0.05, 0) is 67.9 Å². The molecule has 0 aromatic heterocycles. The number of hydrogen-bond donors (Lipinski definition) is 2.